The molecule has 2 amide bonds. The van der Waals surface area contributed by atoms with Crippen LogP contribution >= 0.6 is 0 Å². The number of aromatic nitrogens is 2. The molecule has 2 aromatic carbocycles. The van der Waals surface area contributed by atoms with Crippen LogP contribution in [-0.4, -0.2) is 34.4 Å². The molecule has 4 rings (SSSR count). The molecule has 0 spiro atoms. The molecule has 4 N–H and O–H groups in total. The first-order valence-electron chi connectivity index (χ1n) is 11.3. The molecular formula is C25H25N5O5. The predicted molar refractivity (Wildman–Crippen MR) is 131 cm³/mol. The van der Waals surface area contributed by atoms with Crippen molar-refractivity contribution in [3.05, 3.63) is 76.1 Å². The molecule has 0 bridgehead atoms. The number of para-hydroxylation sites is 1. The van der Waals surface area contributed by atoms with Crippen molar-refractivity contribution in [2.45, 2.75) is 32.1 Å². The highest BCUT2D eigenvalue weighted by Crippen LogP contribution is 2.30. The summed E-state index contributed by atoms with van der Waals surface area (Å²) in [5, 5.41) is 8.25. The Morgan fingerprint density at radius 1 is 1.06 bits per heavy atom. The van der Waals surface area contributed by atoms with Crippen molar-refractivity contribution in [3.8, 4) is 0 Å². The maximum absolute atomic E-state index is 13.0. The summed E-state index contributed by atoms with van der Waals surface area (Å²) in [5.74, 6) is -2.25. The van der Waals surface area contributed by atoms with Crippen molar-refractivity contribution in [2.24, 2.45) is 0 Å². The highest BCUT2D eigenvalue weighted by molar-refractivity contribution is 6.04. The highest BCUT2D eigenvalue weighted by atomic mass is 16.5. The quantitative estimate of drug-likeness (QED) is 0.288. The Morgan fingerprint density at radius 3 is 2.51 bits per heavy atom. The van der Waals surface area contributed by atoms with E-state index in [2.05, 4.69) is 25.9 Å². The minimum absolute atomic E-state index is 0.0359. The zero-order valence-electron chi connectivity index (χ0n) is 19.1. The Labute approximate surface area is 201 Å². The van der Waals surface area contributed by atoms with E-state index in [-0.39, 0.29) is 23.8 Å². The zero-order valence-corrected chi connectivity index (χ0v) is 19.1. The SMILES string of the molecule is CCCCOC(=O)c1ccc(NC(=O)[C@H]2CC(=O)Nc3nc(Nc4ccccc4)[nH]c(=O)c32)cc1. The lowest BCUT2D eigenvalue weighted by atomic mass is 9.92. The summed E-state index contributed by atoms with van der Waals surface area (Å²) in [5.41, 5.74) is 1.03. The van der Waals surface area contributed by atoms with Crippen LogP contribution in [0.1, 0.15) is 48.0 Å². The number of carbonyl (C=O) groups is 3. The smallest absolute Gasteiger partial charge is 0.338 e. The molecule has 1 aliphatic rings. The summed E-state index contributed by atoms with van der Waals surface area (Å²) < 4.78 is 5.17. The third-order valence-corrected chi connectivity index (χ3v) is 5.42. The van der Waals surface area contributed by atoms with E-state index in [1.54, 1.807) is 36.4 Å². The number of hydrogen-bond donors (Lipinski definition) is 4. The number of H-pyrrole nitrogens is 1. The largest absolute Gasteiger partial charge is 0.462 e. The van der Waals surface area contributed by atoms with E-state index in [9.17, 15) is 19.2 Å². The zero-order chi connectivity index (χ0) is 24.8. The van der Waals surface area contributed by atoms with Crippen molar-refractivity contribution in [1.82, 2.24) is 9.97 Å². The van der Waals surface area contributed by atoms with Gasteiger partial charge in [0.15, 0.2) is 0 Å². The topological polar surface area (TPSA) is 142 Å². The number of carbonyl (C=O) groups excluding carboxylic acids is 3. The number of fused-ring (bicyclic) bond motifs is 1. The van der Waals surface area contributed by atoms with Gasteiger partial charge < -0.3 is 20.7 Å². The number of ether oxygens (including phenoxy) is 1. The Hall–Kier alpha value is -4.47. The van der Waals surface area contributed by atoms with Crippen molar-refractivity contribution >= 4 is 40.9 Å². The summed E-state index contributed by atoms with van der Waals surface area (Å²) in [6, 6.07) is 15.3. The molecule has 35 heavy (non-hydrogen) atoms. The first kappa shape index (κ1) is 23.7. The summed E-state index contributed by atoms with van der Waals surface area (Å²) in [4.78, 5) is 57.1. The fourth-order valence-electron chi connectivity index (χ4n) is 3.62. The summed E-state index contributed by atoms with van der Waals surface area (Å²) in [6.45, 7) is 2.35. The molecule has 10 nitrogen and oxygen atoms in total. The number of rotatable bonds is 8. The first-order valence-corrected chi connectivity index (χ1v) is 11.3. The van der Waals surface area contributed by atoms with Gasteiger partial charge >= 0.3 is 5.97 Å². The van der Waals surface area contributed by atoms with Gasteiger partial charge in [-0.05, 0) is 42.8 Å². The van der Waals surface area contributed by atoms with E-state index in [0.29, 0.717) is 23.5 Å². The normalized spacial score (nSPS) is 14.4. The fourth-order valence-corrected chi connectivity index (χ4v) is 3.62. The van der Waals surface area contributed by atoms with E-state index in [0.717, 1.165) is 12.8 Å². The molecule has 0 radical (unpaired) electrons. The lowest BCUT2D eigenvalue weighted by Gasteiger charge is -2.23. The van der Waals surface area contributed by atoms with Gasteiger partial charge in [-0.15, -0.1) is 0 Å². The van der Waals surface area contributed by atoms with Gasteiger partial charge in [0.1, 0.15) is 5.82 Å². The summed E-state index contributed by atoms with van der Waals surface area (Å²) in [6.07, 6.45) is 1.51. The molecule has 10 heteroatoms. The minimum Gasteiger partial charge on any atom is -0.462 e. The van der Waals surface area contributed by atoms with Gasteiger partial charge in [0, 0.05) is 17.8 Å². The Kier molecular flexibility index (Phi) is 7.20. The molecule has 0 saturated carbocycles. The Balaban J connectivity index is 1.50. The van der Waals surface area contributed by atoms with Gasteiger partial charge in [0.25, 0.3) is 5.56 Å². The van der Waals surface area contributed by atoms with Gasteiger partial charge in [-0.1, -0.05) is 31.5 Å². The van der Waals surface area contributed by atoms with Gasteiger partial charge in [0.05, 0.1) is 23.7 Å². The molecule has 0 unspecified atom stereocenters. The predicted octanol–water partition coefficient (Wildman–Crippen LogP) is 3.53. The Morgan fingerprint density at radius 2 is 1.80 bits per heavy atom. The third-order valence-electron chi connectivity index (χ3n) is 5.42. The molecule has 2 heterocycles. The van der Waals surface area contributed by atoms with Crippen LogP contribution < -0.4 is 21.5 Å². The second kappa shape index (κ2) is 10.6. The molecule has 3 aromatic rings. The molecule has 180 valence electrons. The molecule has 0 fully saturated rings. The van der Waals surface area contributed by atoms with Crippen molar-refractivity contribution < 1.29 is 19.1 Å². The van der Waals surface area contributed by atoms with Crippen LogP contribution in [0.5, 0.6) is 0 Å². The number of esters is 1. The van der Waals surface area contributed by atoms with E-state index in [1.165, 1.54) is 0 Å². The van der Waals surface area contributed by atoms with Crippen LogP contribution in [-0.2, 0) is 14.3 Å². The van der Waals surface area contributed by atoms with E-state index in [1.807, 2.05) is 25.1 Å². The van der Waals surface area contributed by atoms with Crippen LogP contribution in [0.2, 0.25) is 0 Å². The number of unbranched alkanes of at least 4 members (excludes halogenated alkanes) is 1. The van der Waals surface area contributed by atoms with Crippen LogP contribution in [0.4, 0.5) is 23.1 Å². The van der Waals surface area contributed by atoms with Crippen LogP contribution in [0.3, 0.4) is 0 Å². The first-order chi connectivity index (χ1) is 16.9. The number of amides is 2. The number of anilines is 4. The van der Waals surface area contributed by atoms with E-state index in [4.69, 9.17) is 4.74 Å². The number of hydrogen-bond acceptors (Lipinski definition) is 7. The van der Waals surface area contributed by atoms with Crippen molar-refractivity contribution in [2.75, 3.05) is 22.6 Å². The van der Waals surface area contributed by atoms with Gasteiger partial charge in [-0.2, -0.15) is 4.98 Å². The van der Waals surface area contributed by atoms with Gasteiger partial charge in [-0.3, -0.25) is 19.4 Å². The van der Waals surface area contributed by atoms with Crippen LogP contribution in [0, 0.1) is 0 Å². The third kappa shape index (κ3) is 5.72. The van der Waals surface area contributed by atoms with Gasteiger partial charge in [0.2, 0.25) is 17.8 Å². The molecule has 0 saturated heterocycles. The number of nitrogens with zero attached hydrogens (tertiary/aromatic N) is 1. The van der Waals surface area contributed by atoms with E-state index >= 15 is 0 Å². The second-order valence-corrected chi connectivity index (χ2v) is 8.03. The number of nitrogens with one attached hydrogen (secondary N) is 4. The summed E-state index contributed by atoms with van der Waals surface area (Å²) in [7, 11) is 0. The lowest BCUT2D eigenvalue weighted by Crippen LogP contribution is -2.36. The second-order valence-electron chi connectivity index (χ2n) is 8.03. The summed E-state index contributed by atoms with van der Waals surface area (Å²) >= 11 is 0. The number of aromatic amines is 1. The van der Waals surface area contributed by atoms with E-state index < -0.39 is 29.3 Å². The Bertz CT molecular complexity index is 1290. The maximum Gasteiger partial charge on any atom is 0.338 e. The number of benzene rings is 2. The lowest BCUT2D eigenvalue weighted by molar-refractivity contribution is -0.123. The molecule has 1 atom stereocenters. The molecular weight excluding hydrogens is 450 g/mol. The molecule has 1 aromatic heterocycles. The van der Waals surface area contributed by atoms with Crippen molar-refractivity contribution in [1.29, 1.82) is 0 Å². The molecule has 0 aliphatic carbocycles. The van der Waals surface area contributed by atoms with Crippen LogP contribution in [0.15, 0.2) is 59.4 Å². The minimum atomic E-state index is -1.03. The molecule has 1 aliphatic heterocycles. The standard InChI is InChI=1S/C25H25N5O5/c1-2-3-13-35-24(34)15-9-11-17(12-10-15)26-22(32)18-14-19(31)28-21-20(18)23(33)30-25(29-21)27-16-7-5-4-6-8-16/h4-12,18H,2-3,13-14H2,1H3,(H,26,32)(H3,27,28,29,30,31,33)/t18-/m0/s1. The van der Waals surface area contributed by atoms with Gasteiger partial charge in [-0.25, -0.2) is 4.79 Å². The monoisotopic (exact) mass is 475 g/mol. The maximum atomic E-state index is 13.0. The van der Waals surface area contributed by atoms with Crippen molar-refractivity contribution in [3.63, 3.8) is 0 Å². The highest BCUT2D eigenvalue weighted by Gasteiger charge is 2.34. The fraction of sp³-hybridized carbons (Fsp3) is 0.240. The average molecular weight is 476 g/mol. The average Bonchev–Trinajstić information content (AvgIpc) is 2.84. The van der Waals surface area contributed by atoms with Crippen LogP contribution in [0.25, 0.3) is 0 Å².